The van der Waals surface area contributed by atoms with Crippen molar-refractivity contribution in [3.05, 3.63) is 16.5 Å². The summed E-state index contributed by atoms with van der Waals surface area (Å²) in [6.07, 6.45) is 1.81. The van der Waals surface area contributed by atoms with E-state index in [1.807, 2.05) is 6.92 Å². The van der Waals surface area contributed by atoms with Gasteiger partial charge in [0.15, 0.2) is 0 Å². The third-order valence-electron chi connectivity index (χ3n) is 3.33. The van der Waals surface area contributed by atoms with Gasteiger partial charge < -0.3 is 14.4 Å². The number of methoxy groups -OCH3 is 2. The Morgan fingerprint density at radius 3 is 2.52 bits per heavy atom. The number of aromatic nitrogens is 2. The Morgan fingerprint density at radius 2 is 1.95 bits per heavy atom. The Bertz CT molecular complexity index is 443. The summed E-state index contributed by atoms with van der Waals surface area (Å²) in [5.41, 5.74) is 0.899. The molecule has 5 nitrogen and oxygen atoms in total. The predicted molar refractivity (Wildman–Crippen MR) is 86.3 cm³/mol. The highest BCUT2D eigenvalue weighted by Crippen LogP contribution is 2.25. The van der Waals surface area contributed by atoms with E-state index in [9.17, 15) is 0 Å². The SMILES string of the molecule is CCCc1nc(Cl)c(C)c(N(CCOC)C(C)COC)n1. The maximum absolute atomic E-state index is 6.27. The van der Waals surface area contributed by atoms with Gasteiger partial charge in [-0.3, -0.25) is 0 Å². The molecule has 0 aliphatic carbocycles. The molecule has 0 amide bonds. The van der Waals surface area contributed by atoms with E-state index in [2.05, 4.69) is 23.7 Å². The summed E-state index contributed by atoms with van der Waals surface area (Å²) in [5.74, 6) is 1.66. The number of aryl methyl sites for hydroxylation is 1. The van der Waals surface area contributed by atoms with Crippen molar-refractivity contribution >= 4 is 17.4 Å². The fourth-order valence-electron chi connectivity index (χ4n) is 2.19. The van der Waals surface area contributed by atoms with Gasteiger partial charge in [-0.2, -0.15) is 0 Å². The van der Waals surface area contributed by atoms with Gasteiger partial charge in [-0.15, -0.1) is 0 Å². The molecule has 0 spiro atoms. The van der Waals surface area contributed by atoms with E-state index >= 15 is 0 Å². The lowest BCUT2D eigenvalue weighted by molar-refractivity contribution is 0.170. The van der Waals surface area contributed by atoms with E-state index in [1.54, 1.807) is 14.2 Å². The fourth-order valence-corrected chi connectivity index (χ4v) is 2.37. The lowest BCUT2D eigenvalue weighted by atomic mass is 10.2. The zero-order valence-electron chi connectivity index (χ0n) is 13.6. The van der Waals surface area contributed by atoms with Crippen molar-refractivity contribution in [1.29, 1.82) is 0 Å². The highest BCUT2D eigenvalue weighted by molar-refractivity contribution is 6.30. The summed E-state index contributed by atoms with van der Waals surface area (Å²) in [4.78, 5) is 11.2. The Hall–Kier alpha value is -0.910. The maximum atomic E-state index is 6.27. The molecule has 0 saturated heterocycles. The number of rotatable bonds is 9. The van der Waals surface area contributed by atoms with Crippen LogP contribution in [0.1, 0.15) is 31.7 Å². The standard InChI is InChI=1S/C15H26ClN3O2/c1-6-7-13-17-14(16)12(3)15(18-13)19(8-9-20-4)11(2)10-21-5/h11H,6-10H2,1-5H3. The van der Waals surface area contributed by atoms with Gasteiger partial charge in [0.25, 0.3) is 0 Å². The normalized spacial score (nSPS) is 12.5. The summed E-state index contributed by atoms with van der Waals surface area (Å²) >= 11 is 6.27. The number of hydrogen-bond acceptors (Lipinski definition) is 5. The third kappa shape index (κ3) is 5.09. The highest BCUT2D eigenvalue weighted by Gasteiger charge is 2.20. The van der Waals surface area contributed by atoms with Crippen molar-refractivity contribution in [3.8, 4) is 0 Å². The van der Waals surface area contributed by atoms with Crippen molar-refractivity contribution in [1.82, 2.24) is 9.97 Å². The second kappa shape index (κ2) is 9.18. The quantitative estimate of drug-likeness (QED) is 0.656. The first-order valence-electron chi connectivity index (χ1n) is 7.32. The molecule has 0 N–H and O–H groups in total. The minimum Gasteiger partial charge on any atom is -0.383 e. The van der Waals surface area contributed by atoms with Crippen LogP contribution < -0.4 is 4.90 Å². The molecule has 21 heavy (non-hydrogen) atoms. The summed E-state index contributed by atoms with van der Waals surface area (Å²) in [5, 5.41) is 0.524. The van der Waals surface area contributed by atoms with Crippen LogP contribution in [0.3, 0.4) is 0 Å². The third-order valence-corrected chi connectivity index (χ3v) is 3.70. The van der Waals surface area contributed by atoms with Crippen molar-refractivity contribution in [2.45, 2.75) is 39.7 Å². The van der Waals surface area contributed by atoms with Gasteiger partial charge in [-0.05, 0) is 20.3 Å². The number of halogens is 1. The van der Waals surface area contributed by atoms with Gasteiger partial charge in [0.1, 0.15) is 16.8 Å². The van der Waals surface area contributed by atoms with E-state index < -0.39 is 0 Å². The molecule has 0 aromatic carbocycles. The number of nitrogens with zero attached hydrogens (tertiary/aromatic N) is 3. The second-order valence-corrected chi connectivity index (χ2v) is 5.48. The summed E-state index contributed by atoms with van der Waals surface area (Å²) < 4.78 is 10.5. The van der Waals surface area contributed by atoms with Gasteiger partial charge >= 0.3 is 0 Å². The molecular formula is C15H26ClN3O2. The first kappa shape index (κ1) is 18.1. The molecule has 0 fully saturated rings. The minimum absolute atomic E-state index is 0.185. The smallest absolute Gasteiger partial charge is 0.137 e. The molecule has 0 aliphatic rings. The van der Waals surface area contributed by atoms with Crippen LogP contribution in [0, 0.1) is 6.92 Å². The van der Waals surface area contributed by atoms with Crippen LogP contribution in [0.15, 0.2) is 0 Å². The first-order chi connectivity index (χ1) is 10.0. The van der Waals surface area contributed by atoms with Crippen LogP contribution in [0.2, 0.25) is 5.15 Å². The summed E-state index contributed by atoms with van der Waals surface area (Å²) in [6, 6.07) is 0.185. The van der Waals surface area contributed by atoms with Crippen molar-refractivity contribution in [2.24, 2.45) is 0 Å². The van der Waals surface area contributed by atoms with Crippen molar-refractivity contribution in [3.63, 3.8) is 0 Å². The van der Waals surface area contributed by atoms with Crippen LogP contribution in [-0.2, 0) is 15.9 Å². The Labute approximate surface area is 132 Å². The zero-order chi connectivity index (χ0) is 15.8. The predicted octanol–water partition coefficient (Wildman–Crippen LogP) is 2.88. The van der Waals surface area contributed by atoms with Crippen LogP contribution in [-0.4, -0.2) is 50.0 Å². The van der Waals surface area contributed by atoms with Gasteiger partial charge in [0.05, 0.1) is 19.3 Å². The average molecular weight is 316 g/mol. The number of ether oxygens (including phenoxy) is 2. The Balaban J connectivity index is 3.14. The molecule has 0 radical (unpaired) electrons. The monoisotopic (exact) mass is 315 g/mol. The van der Waals surface area contributed by atoms with Crippen LogP contribution in [0.25, 0.3) is 0 Å². The fraction of sp³-hybridized carbons (Fsp3) is 0.733. The molecule has 1 unspecified atom stereocenters. The lowest BCUT2D eigenvalue weighted by Crippen LogP contribution is -2.40. The Kier molecular flexibility index (Phi) is 7.93. The topological polar surface area (TPSA) is 47.5 Å². The first-order valence-corrected chi connectivity index (χ1v) is 7.70. The van der Waals surface area contributed by atoms with Crippen LogP contribution in [0.5, 0.6) is 0 Å². The van der Waals surface area contributed by atoms with E-state index in [0.717, 1.165) is 36.6 Å². The van der Waals surface area contributed by atoms with Crippen molar-refractivity contribution < 1.29 is 9.47 Å². The molecular weight excluding hydrogens is 290 g/mol. The minimum atomic E-state index is 0.185. The molecule has 1 aromatic heterocycles. The summed E-state index contributed by atoms with van der Waals surface area (Å²) in [6.45, 7) is 8.14. The molecule has 0 aliphatic heterocycles. The molecule has 6 heteroatoms. The molecule has 120 valence electrons. The molecule has 1 aromatic rings. The van der Waals surface area contributed by atoms with Gasteiger partial charge in [-0.1, -0.05) is 18.5 Å². The maximum Gasteiger partial charge on any atom is 0.137 e. The summed E-state index contributed by atoms with van der Waals surface area (Å²) in [7, 11) is 3.40. The van der Waals surface area contributed by atoms with E-state index in [4.69, 9.17) is 26.1 Å². The zero-order valence-corrected chi connectivity index (χ0v) is 14.4. The van der Waals surface area contributed by atoms with E-state index in [1.165, 1.54) is 0 Å². The number of anilines is 1. The highest BCUT2D eigenvalue weighted by atomic mass is 35.5. The van der Waals surface area contributed by atoms with E-state index in [-0.39, 0.29) is 6.04 Å². The molecule has 1 atom stereocenters. The van der Waals surface area contributed by atoms with Gasteiger partial charge in [-0.25, -0.2) is 9.97 Å². The molecule has 0 bridgehead atoms. The number of hydrogen-bond donors (Lipinski definition) is 0. The molecule has 0 saturated carbocycles. The van der Waals surface area contributed by atoms with Gasteiger partial charge in [0, 0.05) is 32.7 Å². The van der Waals surface area contributed by atoms with E-state index in [0.29, 0.717) is 18.4 Å². The van der Waals surface area contributed by atoms with Crippen molar-refractivity contribution in [2.75, 3.05) is 38.9 Å². The van der Waals surface area contributed by atoms with Crippen LogP contribution in [0.4, 0.5) is 5.82 Å². The van der Waals surface area contributed by atoms with Crippen LogP contribution >= 0.6 is 11.6 Å². The average Bonchev–Trinajstić information content (AvgIpc) is 2.44. The largest absolute Gasteiger partial charge is 0.383 e. The molecule has 1 heterocycles. The van der Waals surface area contributed by atoms with Gasteiger partial charge in [0.2, 0.25) is 0 Å². The molecule has 1 rings (SSSR count). The second-order valence-electron chi connectivity index (χ2n) is 5.12. The lowest BCUT2D eigenvalue weighted by Gasteiger charge is -2.31. The Morgan fingerprint density at radius 1 is 1.24 bits per heavy atom.